The van der Waals surface area contributed by atoms with Gasteiger partial charge in [-0.05, 0) is 35.7 Å². The van der Waals surface area contributed by atoms with Crippen LogP contribution in [-0.2, 0) is 0 Å². The number of rotatable bonds is 1. The zero-order valence-electron chi connectivity index (χ0n) is 11.7. The van der Waals surface area contributed by atoms with Gasteiger partial charge in [-0.3, -0.25) is 0 Å². The minimum absolute atomic E-state index is 0.328. The average molecular weight is 355 g/mol. The molecule has 22 heavy (non-hydrogen) atoms. The van der Waals surface area contributed by atoms with Gasteiger partial charge in [0.25, 0.3) is 0 Å². The molecular weight excluding hydrogens is 344 g/mol. The molecule has 0 saturated carbocycles. The molecule has 0 spiro atoms. The molecule has 108 valence electrons. The molecule has 1 heterocycles. The van der Waals surface area contributed by atoms with E-state index in [1.165, 1.54) is 0 Å². The molecule has 0 aliphatic rings. The van der Waals surface area contributed by atoms with E-state index in [-0.39, 0.29) is 5.63 Å². The second kappa shape index (κ2) is 4.85. The Kier molecular flexibility index (Phi) is 2.94. The van der Waals surface area contributed by atoms with Crippen LogP contribution in [0.2, 0.25) is 0 Å². The fourth-order valence-corrected chi connectivity index (χ4v) is 3.41. The monoisotopic (exact) mass is 354 g/mol. The summed E-state index contributed by atoms with van der Waals surface area (Å²) in [7, 11) is 1.63. The van der Waals surface area contributed by atoms with Crippen LogP contribution in [0.15, 0.2) is 62.2 Å². The van der Waals surface area contributed by atoms with Crippen LogP contribution < -0.4 is 10.4 Å². The van der Waals surface area contributed by atoms with Crippen LogP contribution in [0.1, 0.15) is 0 Å². The Labute approximate surface area is 134 Å². The highest BCUT2D eigenvalue weighted by Gasteiger charge is 2.14. The smallest absolute Gasteiger partial charge is 0.344 e. The molecule has 4 heteroatoms. The molecule has 0 atom stereocenters. The van der Waals surface area contributed by atoms with Crippen molar-refractivity contribution in [1.82, 2.24) is 0 Å². The van der Waals surface area contributed by atoms with Crippen molar-refractivity contribution in [3.63, 3.8) is 0 Å². The summed E-state index contributed by atoms with van der Waals surface area (Å²) in [6, 6.07) is 15.2. The Morgan fingerprint density at radius 2 is 1.64 bits per heavy atom. The molecule has 4 rings (SSSR count). The topological polar surface area (TPSA) is 39.4 Å². The Hall–Kier alpha value is -2.33. The fraction of sp³-hybridized carbons (Fsp3) is 0.0556. The van der Waals surface area contributed by atoms with Gasteiger partial charge in [0.1, 0.15) is 11.3 Å². The van der Waals surface area contributed by atoms with E-state index in [1.54, 1.807) is 13.2 Å². The van der Waals surface area contributed by atoms with Gasteiger partial charge < -0.3 is 9.15 Å². The Morgan fingerprint density at radius 3 is 2.41 bits per heavy atom. The van der Waals surface area contributed by atoms with Crippen LogP contribution in [0.25, 0.3) is 32.5 Å². The van der Waals surface area contributed by atoms with Gasteiger partial charge >= 0.3 is 5.63 Å². The van der Waals surface area contributed by atoms with Crippen molar-refractivity contribution in [2.45, 2.75) is 0 Å². The molecule has 0 fully saturated rings. The van der Waals surface area contributed by atoms with Crippen LogP contribution in [0.3, 0.4) is 0 Å². The fourth-order valence-electron chi connectivity index (χ4n) is 2.89. The summed E-state index contributed by atoms with van der Waals surface area (Å²) in [5, 5.41) is 4.15. The molecule has 0 saturated heterocycles. The molecule has 0 aliphatic carbocycles. The largest absolute Gasteiger partial charge is 0.496 e. The highest BCUT2D eigenvalue weighted by molar-refractivity contribution is 9.10. The first-order chi connectivity index (χ1) is 10.7. The number of benzene rings is 3. The van der Waals surface area contributed by atoms with Crippen molar-refractivity contribution >= 4 is 48.4 Å². The molecule has 1 aromatic heterocycles. The average Bonchev–Trinajstić information content (AvgIpc) is 2.55. The summed E-state index contributed by atoms with van der Waals surface area (Å²) in [5.74, 6) is 0.746. The molecule has 0 amide bonds. The first-order valence-corrected chi connectivity index (χ1v) is 7.61. The third kappa shape index (κ3) is 1.77. The van der Waals surface area contributed by atoms with Crippen molar-refractivity contribution in [1.29, 1.82) is 0 Å². The van der Waals surface area contributed by atoms with E-state index in [0.717, 1.165) is 31.8 Å². The van der Waals surface area contributed by atoms with Crippen molar-refractivity contribution in [3.8, 4) is 5.75 Å². The van der Waals surface area contributed by atoms with Crippen LogP contribution in [0.4, 0.5) is 0 Å². The Balaban J connectivity index is 2.33. The third-order valence-corrected chi connectivity index (χ3v) is 4.56. The minimum Gasteiger partial charge on any atom is -0.496 e. The van der Waals surface area contributed by atoms with Gasteiger partial charge in [-0.25, -0.2) is 4.79 Å². The molecule has 3 aromatic carbocycles. The molecule has 4 aromatic rings. The second-order valence-corrected chi connectivity index (χ2v) is 5.90. The maximum Gasteiger partial charge on any atom is 0.344 e. The normalized spacial score (nSPS) is 11.4. The SMILES string of the molecule is COc1ccc(Br)c2c1ccc1c3ccccc3c(=O)oc12. The van der Waals surface area contributed by atoms with Gasteiger partial charge in [-0.15, -0.1) is 0 Å². The van der Waals surface area contributed by atoms with E-state index in [1.807, 2.05) is 42.5 Å². The van der Waals surface area contributed by atoms with E-state index in [2.05, 4.69) is 15.9 Å². The van der Waals surface area contributed by atoms with Gasteiger partial charge in [0.05, 0.1) is 12.5 Å². The first kappa shape index (κ1) is 13.3. The standard InChI is InChI=1S/C18H11BrO3/c1-21-15-9-8-14(19)16-13(15)7-6-11-10-4-2-3-5-12(10)18(20)22-17(11)16/h2-9H,1H3. The van der Waals surface area contributed by atoms with Crippen LogP contribution >= 0.6 is 15.9 Å². The third-order valence-electron chi connectivity index (χ3n) is 3.89. The quantitative estimate of drug-likeness (QED) is 0.361. The highest BCUT2D eigenvalue weighted by Crippen LogP contribution is 2.38. The highest BCUT2D eigenvalue weighted by atomic mass is 79.9. The summed E-state index contributed by atoms with van der Waals surface area (Å²) in [4.78, 5) is 12.3. The predicted octanol–water partition coefficient (Wildman–Crippen LogP) is 4.87. The lowest BCUT2D eigenvalue weighted by Crippen LogP contribution is -2.00. The number of hydrogen-bond acceptors (Lipinski definition) is 3. The number of methoxy groups -OCH3 is 1. The van der Waals surface area contributed by atoms with Gasteiger partial charge in [0.15, 0.2) is 0 Å². The number of hydrogen-bond donors (Lipinski definition) is 0. The van der Waals surface area contributed by atoms with E-state index < -0.39 is 0 Å². The van der Waals surface area contributed by atoms with Crippen molar-refractivity contribution in [2.75, 3.05) is 7.11 Å². The van der Waals surface area contributed by atoms with Crippen LogP contribution in [0.5, 0.6) is 5.75 Å². The van der Waals surface area contributed by atoms with Crippen LogP contribution in [0, 0.1) is 0 Å². The summed E-state index contributed by atoms with van der Waals surface area (Å²) in [6.07, 6.45) is 0. The predicted molar refractivity (Wildman–Crippen MR) is 91.7 cm³/mol. The zero-order chi connectivity index (χ0) is 15.3. The maximum absolute atomic E-state index is 12.3. The van der Waals surface area contributed by atoms with Gasteiger partial charge in [-0.1, -0.05) is 34.1 Å². The Bertz CT molecular complexity index is 1100. The lowest BCUT2D eigenvalue weighted by molar-refractivity contribution is 0.419. The van der Waals surface area contributed by atoms with Gasteiger partial charge in [-0.2, -0.15) is 0 Å². The Morgan fingerprint density at radius 1 is 0.909 bits per heavy atom. The van der Waals surface area contributed by atoms with Crippen LogP contribution in [-0.4, -0.2) is 7.11 Å². The summed E-state index contributed by atoms with van der Waals surface area (Å²) < 4.78 is 11.9. The lowest BCUT2D eigenvalue weighted by atomic mass is 10.0. The summed E-state index contributed by atoms with van der Waals surface area (Å²) >= 11 is 3.55. The number of fused-ring (bicyclic) bond motifs is 5. The minimum atomic E-state index is -0.328. The molecule has 0 N–H and O–H groups in total. The molecule has 3 nitrogen and oxygen atoms in total. The molecule has 0 aliphatic heterocycles. The molecular formula is C18H11BrO3. The van der Waals surface area contributed by atoms with Crippen molar-refractivity contribution in [3.05, 3.63) is 63.4 Å². The van der Waals surface area contributed by atoms with E-state index >= 15 is 0 Å². The molecule has 0 radical (unpaired) electrons. The zero-order valence-corrected chi connectivity index (χ0v) is 13.3. The molecule has 0 unspecified atom stereocenters. The summed E-state index contributed by atoms with van der Waals surface area (Å²) in [5.41, 5.74) is 0.247. The first-order valence-electron chi connectivity index (χ1n) is 6.81. The number of ether oxygens (including phenoxy) is 1. The van der Waals surface area contributed by atoms with Crippen molar-refractivity contribution in [2.24, 2.45) is 0 Å². The second-order valence-electron chi connectivity index (χ2n) is 5.05. The van der Waals surface area contributed by atoms with E-state index in [0.29, 0.717) is 11.0 Å². The summed E-state index contributed by atoms with van der Waals surface area (Å²) in [6.45, 7) is 0. The van der Waals surface area contributed by atoms with E-state index in [4.69, 9.17) is 9.15 Å². The molecule has 0 bridgehead atoms. The maximum atomic E-state index is 12.3. The van der Waals surface area contributed by atoms with Crippen molar-refractivity contribution < 1.29 is 9.15 Å². The number of halogens is 1. The lowest BCUT2D eigenvalue weighted by Gasteiger charge is -2.10. The van der Waals surface area contributed by atoms with E-state index in [9.17, 15) is 4.79 Å². The van der Waals surface area contributed by atoms with Gasteiger partial charge in [0.2, 0.25) is 0 Å². The van der Waals surface area contributed by atoms with Gasteiger partial charge in [0, 0.05) is 20.6 Å².